The van der Waals surface area contributed by atoms with Crippen molar-refractivity contribution in [2.24, 2.45) is 0 Å². The number of hydrogen-bond donors (Lipinski definition) is 0. The average Bonchev–Trinajstić information content (AvgIpc) is 3.00. The van der Waals surface area contributed by atoms with Gasteiger partial charge in [-0.05, 0) is 55.9 Å². The van der Waals surface area contributed by atoms with Crippen LogP contribution in [0.15, 0.2) is 35.4 Å². The number of carbonyl (C=O) groups is 1. The summed E-state index contributed by atoms with van der Waals surface area (Å²) in [6.07, 6.45) is 5.97. The summed E-state index contributed by atoms with van der Waals surface area (Å²) in [5.41, 5.74) is 2.16. The van der Waals surface area contributed by atoms with Gasteiger partial charge in [0.2, 0.25) is 0 Å². The number of fused-ring (bicyclic) bond motifs is 3. The van der Waals surface area contributed by atoms with Crippen LogP contribution in [0.2, 0.25) is 0 Å². The monoisotopic (exact) mass is 368 g/mol. The third kappa shape index (κ3) is 3.29. The van der Waals surface area contributed by atoms with Gasteiger partial charge < -0.3 is 4.74 Å². The number of ether oxygens (including phenoxy) is 1. The van der Waals surface area contributed by atoms with Gasteiger partial charge in [-0.15, -0.1) is 11.3 Å². The molecule has 1 aliphatic rings. The second-order valence-electron chi connectivity index (χ2n) is 6.67. The van der Waals surface area contributed by atoms with Crippen molar-refractivity contribution in [3.8, 4) is 5.75 Å². The molecular formula is C20H20N2O3S. The van der Waals surface area contributed by atoms with Crippen molar-refractivity contribution in [2.75, 3.05) is 0 Å². The minimum absolute atomic E-state index is 0.0437. The van der Waals surface area contributed by atoms with E-state index in [9.17, 15) is 9.59 Å². The number of aryl methyl sites for hydroxylation is 4. The summed E-state index contributed by atoms with van der Waals surface area (Å²) in [6.45, 7) is 2.22. The van der Waals surface area contributed by atoms with E-state index in [0.29, 0.717) is 5.75 Å². The van der Waals surface area contributed by atoms with Crippen LogP contribution in [0.1, 0.15) is 35.3 Å². The molecule has 4 rings (SSSR count). The fraction of sp³-hybridized carbons (Fsp3) is 0.350. The van der Waals surface area contributed by atoms with E-state index >= 15 is 0 Å². The molecule has 0 unspecified atom stereocenters. The van der Waals surface area contributed by atoms with E-state index in [1.54, 1.807) is 23.7 Å². The number of hydrogen-bond acceptors (Lipinski definition) is 5. The van der Waals surface area contributed by atoms with Gasteiger partial charge in [0, 0.05) is 11.4 Å². The first-order chi connectivity index (χ1) is 12.6. The SMILES string of the molecule is Cc1cccc(OC(=O)CCn2cnc3sc4c(c3c2=O)CCCC4)c1. The molecule has 0 spiro atoms. The van der Waals surface area contributed by atoms with Crippen LogP contribution in [0.4, 0.5) is 0 Å². The van der Waals surface area contributed by atoms with Crippen LogP contribution in [0.25, 0.3) is 10.2 Å². The lowest BCUT2D eigenvalue weighted by Crippen LogP contribution is -2.23. The third-order valence-corrected chi connectivity index (χ3v) is 5.92. The van der Waals surface area contributed by atoms with Gasteiger partial charge in [-0.25, -0.2) is 4.98 Å². The first-order valence-electron chi connectivity index (χ1n) is 8.89. The molecule has 1 aromatic carbocycles. The molecule has 134 valence electrons. The highest BCUT2D eigenvalue weighted by Crippen LogP contribution is 2.33. The molecule has 0 saturated carbocycles. The summed E-state index contributed by atoms with van der Waals surface area (Å²) in [7, 11) is 0. The third-order valence-electron chi connectivity index (χ3n) is 4.72. The van der Waals surface area contributed by atoms with Gasteiger partial charge in [-0.1, -0.05) is 12.1 Å². The lowest BCUT2D eigenvalue weighted by Gasteiger charge is -2.10. The van der Waals surface area contributed by atoms with Crippen molar-refractivity contribution in [3.05, 3.63) is 57.0 Å². The average molecular weight is 368 g/mol. The van der Waals surface area contributed by atoms with Crippen molar-refractivity contribution >= 4 is 27.5 Å². The fourth-order valence-electron chi connectivity index (χ4n) is 3.41. The van der Waals surface area contributed by atoms with Crippen LogP contribution in [-0.2, 0) is 24.2 Å². The standard InChI is InChI=1S/C20H20N2O3S/c1-13-5-4-6-14(11-13)25-17(23)9-10-22-12-21-19-18(20(22)24)15-7-2-3-8-16(15)26-19/h4-6,11-12H,2-3,7-10H2,1H3. The molecule has 3 aromatic rings. The minimum atomic E-state index is -0.352. The van der Waals surface area contributed by atoms with Gasteiger partial charge >= 0.3 is 5.97 Å². The van der Waals surface area contributed by atoms with E-state index in [1.807, 2.05) is 25.1 Å². The molecular weight excluding hydrogens is 348 g/mol. The van der Waals surface area contributed by atoms with Gasteiger partial charge in [0.15, 0.2) is 0 Å². The number of esters is 1. The molecule has 5 nitrogen and oxygen atoms in total. The summed E-state index contributed by atoms with van der Waals surface area (Å²) < 4.78 is 6.88. The van der Waals surface area contributed by atoms with Crippen LogP contribution in [0, 0.1) is 6.92 Å². The first-order valence-corrected chi connectivity index (χ1v) is 9.70. The molecule has 0 amide bonds. The normalized spacial score (nSPS) is 13.6. The largest absolute Gasteiger partial charge is 0.426 e. The summed E-state index contributed by atoms with van der Waals surface area (Å²) >= 11 is 1.63. The number of thiophene rings is 1. The molecule has 0 fully saturated rings. The highest BCUT2D eigenvalue weighted by atomic mass is 32.1. The topological polar surface area (TPSA) is 61.2 Å². The molecule has 0 saturated heterocycles. The molecule has 26 heavy (non-hydrogen) atoms. The van der Waals surface area contributed by atoms with Gasteiger partial charge in [-0.3, -0.25) is 14.2 Å². The van der Waals surface area contributed by atoms with Crippen molar-refractivity contribution in [1.29, 1.82) is 0 Å². The Hall–Kier alpha value is -2.47. The zero-order valence-electron chi connectivity index (χ0n) is 14.7. The van der Waals surface area contributed by atoms with Crippen LogP contribution in [0.5, 0.6) is 5.75 Å². The Labute approximate surface area is 155 Å². The molecule has 0 atom stereocenters. The summed E-state index contributed by atoms with van der Waals surface area (Å²) in [5, 5.41) is 0.749. The number of rotatable bonds is 4. The zero-order valence-corrected chi connectivity index (χ0v) is 15.5. The number of nitrogens with zero attached hydrogens (tertiary/aromatic N) is 2. The Morgan fingerprint density at radius 1 is 1.31 bits per heavy atom. The second kappa shape index (κ2) is 7.03. The number of carbonyl (C=O) groups excluding carboxylic acids is 1. The Bertz CT molecular complexity index is 1040. The maximum Gasteiger partial charge on any atom is 0.312 e. The Kier molecular flexibility index (Phi) is 4.59. The van der Waals surface area contributed by atoms with Gasteiger partial charge in [-0.2, -0.15) is 0 Å². The molecule has 0 N–H and O–H groups in total. The van der Waals surface area contributed by atoms with Crippen molar-refractivity contribution in [1.82, 2.24) is 9.55 Å². The molecule has 6 heteroatoms. The van der Waals surface area contributed by atoms with Crippen LogP contribution in [-0.4, -0.2) is 15.5 Å². The first kappa shape index (κ1) is 17.0. The molecule has 2 heterocycles. The van der Waals surface area contributed by atoms with E-state index in [-0.39, 0.29) is 24.5 Å². The summed E-state index contributed by atoms with van der Waals surface area (Å²) in [4.78, 5) is 31.5. The zero-order chi connectivity index (χ0) is 18.1. The summed E-state index contributed by atoms with van der Waals surface area (Å²) in [6, 6.07) is 7.36. The fourth-order valence-corrected chi connectivity index (χ4v) is 4.63. The second-order valence-corrected chi connectivity index (χ2v) is 7.76. The predicted octanol–water partition coefficient (Wildman–Crippen LogP) is 3.64. The number of aromatic nitrogens is 2. The smallest absolute Gasteiger partial charge is 0.312 e. The molecule has 1 aliphatic carbocycles. The lowest BCUT2D eigenvalue weighted by molar-refractivity contribution is -0.134. The van der Waals surface area contributed by atoms with Crippen molar-refractivity contribution in [2.45, 2.75) is 45.6 Å². The van der Waals surface area contributed by atoms with E-state index in [1.165, 1.54) is 21.4 Å². The summed E-state index contributed by atoms with van der Waals surface area (Å²) in [5.74, 6) is 0.178. The van der Waals surface area contributed by atoms with Gasteiger partial charge in [0.05, 0.1) is 18.1 Å². The maximum absolute atomic E-state index is 12.9. The Balaban J connectivity index is 1.51. The molecule has 0 radical (unpaired) electrons. The molecule has 0 aliphatic heterocycles. The van der Waals surface area contributed by atoms with Crippen molar-refractivity contribution in [3.63, 3.8) is 0 Å². The van der Waals surface area contributed by atoms with Gasteiger partial charge in [0.25, 0.3) is 5.56 Å². The quantitative estimate of drug-likeness (QED) is 0.521. The van der Waals surface area contributed by atoms with Crippen molar-refractivity contribution < 1.29 is 9.53 Å². The van der Waals surface area contributed by atoms with E-state index in [0.717, 1.165) is 35.0 Å². The van der Waals surface area contributed by atoms with E-state index in [2.05, 4.69) is 4.98 Å². The highest BCUT2D eigenvalue weighted by molar-refractivity contribution is 7.18. The molecule has 0 bridgehead atoms. The Morgan fingerprint density at radius 2 is 2.15 bits per heavy atom. The van der Waals surface area contributed by atoms with Crippen LogP contribution < -0.4 is 10.3 Å². The Morgan fingerprint density at radius 3 is 3.00 bits per heavy atom. The minimum Gasteiger partial charge on any atom is -0.426 e. The van der Waals surface area contributed by atoms with Gasteiger partial charge in [0.1, 0.15) is 10.6 Å². The lowest BCUT2D eigenvalue weighted by atomic mass is 9.97. The van der Waals surface area contributed by atoms with Crippen LogP contribution in [0.3, 0.4) is 0 Å². The van der Waals surface area contributed by atoms with E-state index < -0.39 is 0 Å². The number of benzene rings is 1. The van der Waals surface area contributed by atoms with Crippen LogP contribution >= 0.6 is 11.3 Å². The van der Waals surface area contributed by atoms with E-state index in [4.69, 9.17) is 4.74 Å². The maximum atomic E-state index is 12.9. The molecule has 2 aromatic heterocycles. The predicted molar refractivity (Wildman–Crippen MR) is 102 cm³/mol. The highest BCUT2D eigenvalue weighted by Gasteiger charge is 2.20.